The molecular weight excluding hydrogens is 556 g/mol. The van der Waals surface area contributed by atoms with Crippen molar-refractivity contribution in [1.29, 1.82) is 0 Å². The summed E-state index contributed by atoms with van der Waals surface area (Å²) in [6, 6.07) is 32.1. The number of carbonyl (C=O) groups excluding carboxylic acids is 2. The lowest BCUT2D eigenvalue weighted by atomic mass is 9.86. The van der Waals surface area contributed by atoms with Gasteiger partial charge >= 0.3 is 0 Å². The van der Waals surface area contributed by atoms with Crippen LogP contribution in [0.4, 0.5) is 5.69 Å². The lowest BCUT2D eigenvalue weighted by molar-refractivity contribution is 0.0949. The van der Waals surface area contributed by atoms with Gasteiger partial charge in [0.05, 0.1) is 0 Å². The van der Waals surface area contributed by atoms with Crippen LogP contribution in [-0.2, 0) is 31.5 Å². The molecule has 1 aliphatic rings. The van der Waals surface area contributed by atoms with E-state index < -0.39 is 0 Å². The van der Waals surface area contributed by atoms with E-state index in [1.54, 1.807) is 0 Å². The van der Waals surface area contributed by atoms with Crippen LogP contribution in [0, 0.1) is 5.92 Å². The first-order valence-corrected chi connectivity index (χ1v) is 16.0. The van der Waals surface area contributed by atoms with Gasteiger partial charge in [-0.15, -0.1) is 0 Å². The molecule has 0 atom stereocenters. The molecule has 45 heavy (non-hydrogen) atoms. The molecule has 5 rings (SSSR count). The highest BCUT2D eigenvalue weighted by atomic mass is 16.2. The first-order valence-electron chi connectivity index (χ1n) is 16.0. The number of amides is 2. The predicted octanol–water partition coefficient (Wildman–Crippen LogP) is 7.08. The Hall–Kier alpha value is -4.26. The molecule has 0 aliphatic carbocycles. The highest BCUT2D eigenvalue weighted by Crippen LogP contribution is 2.27. The number of nitrogens with two attached hydrogens (primary N) is 1. The predicted molar refractivity (Wildman–Crippen MR) is 183 cm³/mol. The van der Waals surface area contributed by atoms with Crippen molar-refractivity contribution in [1.82, 2.24) is 10.2 Å². The van der Waals surface area contributed by atoms with Crippen molar-refractivity contribution in [3.05, 3.63) is 136 Å². The molecule has 0 radical (unpaired) electrons. The lowest BCUT2D eigenvalue weighted by Gasteiger charge is -2.32. The van der Waals surface area contributed by atoms with Crippen LogP contribution in [-0.4, -0.2) is 29.8 Å². The van der Waals surface area contributed by atoms with Crippen molar-refractivity contribution >= 4 is 17.5 Å². The number of piperidine rings is 1. The fraction of sp³-hybridized carbons (Fsp3) is 0.333. The van der Waals surface area contributed by atoms with Crippen LogP contribution in [0.2, 0.25) is 0 Å². The van der Waals surface area contributed by atoms with Crippen molar-refractivity contribution in [3.63, 3.8) is 0 Å². The number of hydrogen-bond acceptors (Lipinski definition) is 4. The van der Waals surface area contributed by atoms with Gasteiger partial charge in [0.2, 0.25) is 0 Å². The smallest absolute Gasteiger partial charge is 0.255 e. The molecule has 2 amide bonds. The summed E-state index contributed by atoms with van der Waals surface area (Å²) >= 11 is 0. The van der Waals surface area contributed by atoms with E-state index in [4.69, 9.17) is 5.73 Å². The minimum atomic E-state index is -0.184. The van der Waals surface area contributed by atoms with E-state index in [1.807, 2.05) is 66.7 Å². The molecule has 4 aromatic rings. The van der Waals surface area contributed by atoms with E-state index in [2.05, 4.69) is 66.6 Å². The monoisotopic (exact) mass is 602 g/mol. The van der Waals surface area contributed by atoms with Crippen LogP contribution >= 0.6 is 0 Å². The first-order chi connectivity index (χ1) is 21.7. The summed E-state index contributed by atoms with van der Waals surface area (Å²) < 4.78 is 0. The number of rotatable bonds is 10. The fourth-order valence-electron chi connectivity index (χ4n) is 5.90. The number of hydrogen-bond donors (Lipinski definition) is 3. The maximum absolute atomic E-state index is 13.4. The zero-order valence-corrected chi connectivity index (χ0v) is 26.8. The quantitative estimate of drug-likeness (QED) is 0.181. The Morgan fingerprint density at radius 3 is 2.07 bits per heavy atom. The van der Waals surface area contributed by atoms with Gasteiger partial charge < -0.3 is 16.4 Å². The Labute approximate surface area is 268 Å². The van der Waals surface area contributed by atoms with Crippen LogP contribution < -0.4 is 16.4 Å². The molecule has 4 N–H and O–H groups in total. The normalized spacial score (nSPS) is 14.2. The van der Waals surface area contributed by atoms with Gasteiger partial charge in [-0.3, -0.25) is 14.5 Å². The van der Waals surface area contributed by atoms with Gasteiger partial charge in [0.15, 0.2) is 0 Å². The number of carbonyl (C=O) groups is 2. The third-order valence-electron chi connectivity index (χ3n) is 8.81. The third kappa shape index (κ3) is 8.90. The molecule has 0 bridgehead atoms. The Kier molecular flexibility index (Phi) is 10.5. The van der Waals surface area contributed by atoms with Gasteiger partial charge in [-0.05, 0) is 95.8 Å². The summed E-state index contributed by atoms with van der Waals surface area (Å²) in [6.45, 7) is 10.1. The highest BCUT2D eigenvalue weighted by Gasteiger charge is 2.22. The van der Waals surface area contributed by atoms with Crippen LogP contribution in [0.15, 0.2) is 97.1 Å². The summed E-state index contributed by atoms with van der Waals surface area (Å²) in [6.07, 6.45) is 3.40. The second-order valence-corrected chi connectivity index (χ2v) is 13.3. The fourth-order valence-corrected chi connectivity index (χ4v) is 5.90. The maximum Gasteiger partial charge on any atom is 0.255 e. The highest BCUT2D eigenvalue weighted by molar-refractivity contribution is 6.05. The molecule has 0 spiro atoms. The number of benzene rings is 4. The van der Waals surface area contributed by atoms with Crippen LogP contribution in [0.25, 0.3) is 0 Å². The third-order valence-corrected chi connectivity index (χ3v) is 8.81. The van der Waals surface area contributed by atoms with Crippen molar-refractivity contribution in [2.24, 2.45) is 11.7 Å². The van der Waals surface area contributed by atoms with Crippen LogP contribution in [0.5, 0.6) is 0 Å². The van der Waals surface area contributed by atoms with Crippen LogP contribution in [0.3, 0.4) is 0 Å². The van der Waals surface area contributed by atoms with Crippen molar-refractivity contribution in [2.45, 2.75) is 65.1 Å². The molecule has 0 saturated carbocycles. The minimum absolute atomic E-state index is 0.00483. The summed E-state index contributed by atoms with van der Waals surface area (Å²) in [5.74, 6) is 0.309. The van der Waals surface area contributed by atoms with Crippen LogP contribution in [0.1, 0.15) is 82.1 Å². The topological polar surface area (TPSA) is 87.5 Å². The zero-order chi connectivity index (χ0) is 31.8. The summed E-state index contributed by atoms with van der Waals surface area (Å²) in [5, 5.41) is 6.16. The van der Waals surface area contributed by atoms with E-state index in [9.17, 15) is 9.59 Å². The van der Waals surface area contributed by atoms with E-state index in [-0.39, 0.29) is 17.2 Å². The average molecular weight is 603 g/mol. The Bertz CT molecular complexity index is 1570. The average Bonchev–Trinajstić information content (AvgIpc) is 3.05. The van der Waals surface area contributed by atoms with Gasteiger partial charge in [-0.1, -0.05) is 93.6 Å². The van der Waals surface area contributed by atoms with Crippen molar-refractivity contribution < 1.29 is 9.59 Å². The molecular formula is C39H46N4O2. The van der Waals surface area contributed by atoms with Crippen molar-refractivity contribution in [2.75, 3.05) is 18.4 Å². The summed E-state index contributed by atoms with van der Waals surface area (Å²) in [7, 11) is 0. The molecule has 234 valence electrons. The molecule has 4 aromatic carbocycles. The van der Waals surface area contributed by atoms with Gasteiger partial charge in [-0.2, -0.15) is 0 Å². The Morgan fingerprint density at radius 2 is 1.42 bits per heavy atom. The Morgan fingerprint density at radius 1 is 0.778 bits per heavy atom. The van der Waals surface area contributed by atoms with E-state index >= 15 is 0 Å². The van der Waals surface area contributed by atoms with Gasteiger partial charge in [0.25, 0.3) is 11.8 Å². The molecule has 1 saturated heterocycles. The SMILES string of the molecule is CC(C)(C)c1ccc(C(=O)Nc2cc(C(=O)NCc3ccc(CN)cc3)ccc2CN2CCC(Cc3ccccc3)CC2)cc1. The molecule has 6 nitrogen and oxygen atoms in total. The molecule has 1 fully saturated rings. The standard InChI is InChI=1S/C39H46N4O2/c1-39(2,3)35-17-15-32(16-18-35)38(45)42-36-24-33(37(44)41-26-31-11-9-30(25-40)10-12-31)13-14-34(36)27-43-21-19-29(20-22-43)23-28-7-5-4-6-8-28/h4-18,24,29H,19-23,25-27,40H2,1-3H3,(H,41,44)(H,42,45). The van der Waals surface area contributed by atoms with Gasteiger partial charge in [0, 0.05) is 36.4 Å². The zero-order valence-electron chi connectivity index (χ0n) is 26.8. The molecule has 6 heteroatoms. The summed E-state index contributed by atoms with van der Waals surface area (Å²) in [5.41, 5.74) is 13.1. The molecule has 1 aliphatic heterocycles. The number of nitrogens with one attached hydrogen (secondary N) is 2. The molecule has 1 heterocycles. The van der Waals surface area contributed by atoms with E-state index in [0.29, 0.717) is 42.4 Å². The Balaban J connectivity index is 1.29. The second kappa shape index (κ2) is 14.7. The number of anilines is 1. The summed E-state index contributed by atoms with van der Waals surface area (Å²) in [4.78, 5) is 29.1. The molecule has 0 aromatic heterocycles. The maximum atomic E-state index is 13.4. The van der Waals surface area contributed by atoms with E-state index in [1.165, 1.54) is 11.1 Å². The second-order valence-electron chi connectivity index (χ2n) is 13.3. The number of nitrogens with zero attached hydrogens (tertiary/aromatic N) is 1. The minimum Gasteiger partial charge on any atom is -0.348 e. The van der Waals surface area contributed by atoms with Gasteiger partial charge in [0.1, 0.15) is 0 Å². The van der Waals surface area contributed by atoms with Gasteiger partial charge in [-0.25, -0.2) is 0 Å². The molecule has 0 unspecified atom stereocenters. The lowest BCUT2D eigenvalue weighted by Crippen LogP contribution is -2.34. The first kappa shape index (κ1) is 32.1. The number of likely N-dealkylation sites (tertiary alicyclic amines) is 1. The largest absolute Gasteiger partial charge is 0.348 e. The van der Waals surface area contributed by atoms with E-state index in [0.717, 1.165) is 49.0 Å². The van der Waals surface area contributed by atoms with Crippen molar-refractivity contribution in [3.8, 4) is 0 Å².